The van der Waals surface area contributed by atoms with Gasteiger partial charge in [-0.25, -0.2) is 0 Å². The van der Waals surface area contributed by atoms with Crippen molar-refractivity contribution in [1.29, 1.82) is 0 Å². The van der Waals surface area contributed by atoms with Crippen LogP contribution in [0.4, 0.5) is 0 Å². The monoisotopic (exact) mass is 648 g/mol. The minimum atomic E-state index is -0.285. The molecule has 0 amide bonds. The number of aryl methyl sites for hydroxylation is 3. The van der Waals surface area contributed by atoms with E-state index in [-0.39, 0.29) is 34.7 Å². The maximum absolute atomic E-state index is 11.9. The smallest absolute Gasteiger partial charge is 0.261 e. The number of hydrogen-bond acceptors (Lipinski definition) is 7. The maximum Gasteiger partial charge on any atom is 0.261 e. The molecule has 0 bridgehead atoms. The fraction of sp³-hybridized carbons (Fsp3) is 0.268. The molecule has 4 aliphatic rings. The molecule has 1 aromatic rings. The van der Waals surface area contributed by atoms with E-state index in [1.807, 2.05) is 84.9 Å². The van der Waals surface area contributed by atoms with E-state index in [4.69, 9.17) is 9.47 Å². The van der Waals surface area contributed by atoms with Crippen molar-refractivity contribution in [2.45, 2.75) is 62.3 Å². The predicted octanol–water partition coefficient (Wildman–Crippen LogP) is 7.95. The number of ether oxygens (including phenoxy) is 2. The van der Waals surface area contributed by atoms with Crippen LogP contribution in [0.25, 0.3) is 0 Å². The number of rotatable bonds is 2. The molecule has 0 saturated heterocycles. The number of phenolic OH excluding ortho intramolecular Hbond substituents is 1. The van der Waals surface area contributed by atoms with Gasteiger partial charge in [-0.05, 0) is 178 Å². The molecule has 4 aliphatic carbocycles. The van der Waals surface area contributed by atoms with Crippen LogP contribution < -0.4 is 0 Å². The number of aromatic hydroxyl groups is 1. The fourth-order valence-electron chi connectivity index (χ4n) is 5.57. The van der Waals surface area contributed by atoms with Gasteiger partial charge in [-0.3, -0.25) is 19.2 Å². The Morgan fingerprint density at radius 2 is 0.667 bits per heavy atom. The highest BCUT2D eigenvalue weighted by Crippen LogP contribution is 2.29. The molecule has 48 heavy (non-hydrogen) atoms. The number of ketones is 4. The Bertz CT molecular complexity index is 1750. The summed E-state index contributed by atoms with van der Waals surface area (Å²) in [5.41, 5.74) is 11.1. The van der Waals surface area contributed by atoms with Crippen molar-refractivity contribution in [2.24, 2.45) is 0 Å². The normalized spacial score (nSPS) is 17.7. The van der Waals surface area contributed by atoms with Gasteiger partial charge in [0, 0.05) is 0 Å². The second-order valence-corrected chi connectivity index (χ2v) is 12.3. The topological polar surface area (TPSA) is 107 Å². The molecular formula is C41H44O7. The lowest BCUT2D eigenvalue weighted by atomic mass is 9.88. The van der Waals surface area contributed by atoms with Crippen LogP contribution >= 0.6 is 0 Å². The third-order valence-corrected chi connectivity index (χ3v) is 8.14. The molecule has 0 saturated carbocycles. The van der Waals surface area contributed by atoms with E-state index >= 15 is 0 Å². The van der Waals surface area contributed by atoms with Crippen LogP contribution in [-0.2, 0) is 28.7 Å². The summed E-state index contributed by atoms with van der Waals surface area (Å²) >= 11 is 0. The Labute approximate surface area is 283 Å². The Morgan fingerprint density at radius 1 is 0.417 bits per heavy atom. The molecule has 1 aromatic carbocycles. The molecule has 0 unspecified atom stereocenters. The molecule has 250 valence electrons. The van der Waals surface area contributed by atoms with Crippen molar-refractivity contribution < 1.29 is 33.8 Å². The van der Waals surface area contributed by atoms with Crippen LogP contribution in [0.15, 0.2) is 128 Å². The second kappa shape index (κ2) is 15.5. The lowest BCUT2D eigenvalue weighted by Crippen LogP contribution is -2.14. The Kier molecular flexibility index (Phi) is 12.0. The summed E-state index contributed by atoms with van der Waals surface area (Å²) < 4.78 is 10.2. The average molecular weight is 649 g/mol. The highest BCUT2D eigenvalue weighted by Gasteiger charge is 2.24. The molecular weight excluding hydrogens is 604 g/mol. The fourth-order valence-corrected chi connectivity index (χ4v) is 5.57. The Balaban J connectivity index is 0.000000206. The largest absolute Gasteiger partial charge is 0.507 e. The minimum absolute atomic E-state index is 0.0353. The van der Waals surface area contributed by atoms with E-state index in [1.165, 1.54) is 19.8 Å². The molecule has 0 aromatic heterocycles. The number of hydrogen-bond donors (Lipinski definition) is 1. The third kappa shape index (κ3) is 8.53. The summed E-state index contributed by atoms with van der Waals surface area (Å²) in [5, 5.41) is 9.33. The average Bonchev–Trinajstić information content (AvgIpc) is 3.03. The van der Waals surface area contributed by atoms with Gasteiger partial charge in [-0.2, -0.15) is 0 Å². The summed E-state index contributed by atoms with van der Waals surface area (Å²) in [6, 6.07) is 3.95. The van der Waals surface area contributed by atoms with Crippen molar-refractivity contribution in [1.82, 2.24) is 0 Å². The summed E-state index contributed by atoms with van der Waals surface area (Å²) in [6.45, 7) is 16.7. The van der Waals surface area contributed by atoms with Crippen LogP contribution in [0.2, 0.25) is 0 Å². The van der Waals surface area contributed by atoms with Gasteiger partial charge in [0.05, 0.1) is 14.2 Å². The van der Waals surface area contributed by atoms with E-state index in [9.17, 15) is 24.3 Å². The van der Waals surface area contributed by atoms with E-state index in [0.29, 0.717) is 16.9 Å². The van der Waals surface area contributed by atoms with Crippen molar-refractivity contribution in [3.8, 4) is 5.75 Å². The molecule has 7 heteroatoms. The molecule has 0 radical (unpaired) electrons. The minimum Gasteiger partial charge on any atom is -0.507 e. The number of benzene rings is 1. The first-order chi connectivity index (χ1) is 22.5. The standard InChI is InChI=1S/C16H16O4.C16H16O2.C9H12O/c1-9-5-11(6-10(2)15(9)17)12-7-13(19-3)16(18)14(8-12)20-4;1-9-5-13(6-10(2)15(9)17)14-7-11(3)16(18)12(4)8-14;1-6-4-7(2)9(10)8(3)5-6/h5-8H,1-4H3;5-8H,1-4H3;4-5,10H,1-3H3. The van der Waals surface area contributed by atoms with Gasteiger partial charge in [-0.1, -0.05) is 17.7 Å². The molecule has 0 fully saturated rings. The van der Waals surface area contributed by atoms with Crippen LogP contribution in [0, 0.1) is 20.8 Å². The SMILES string of the molecule is CC1=CC(=C2C=C(C)C(=O)C(C)=C2)C=C(C)C1=O.COC1=CC(=C2C=C(C)C(=O)C(C)=C2)C=C(OC)C1=O.Cc1cc(C)c(O)c(C)c1. The second-order valence-electron chi connectivity index (χ2n) is 12.3. The van der Waals surface area contributed by atoms with Crippen molar-refractivity contribution >= 4 is 23.1 Å². The van der Waals surface area contributed by atoms with Crippen LogP contribution in [0.3, 0.4) is 0 Å². The highest BCUT2D eigenvalue weighted by molar-refractivity contribution is 6.12. The number of carbonyl (C=O) groups excluding carboxylic acids is 4. The Morgan fingerprint density at radius 3 is 0.917 bits per heavy atom. The summed E-state index contributed by atoms with van der Waals surface area (Å²) in [6.07, 6.45) is 14.4. The molecule has 0 spiro atoms. The van der Waals surface area contributed by atoms with Gasteiger partial charge < -0.3 is 14.6 Å². The van der Waals surface area contributed by atoms with E-state index in [0.717, 1.165) is 55.7 Å². The quantitative estimate of drug-likeness (QED) is 0.347. The van der Waals surface area contributed by atoms with Gasteiger partial charge in [0.2, 0.25) is 0 Å². The van der Waals surface area contributed by atoms with Crippen LogP contribution in [-0.4, -0.2) is 42.5 Å². The van der Waals surface area contributed by atoms with E-state index in [1.54, 1.807) is 38.2 Å². The lowest BCUT2D eigenvalue weighted by Gasteiger charge is -2.17. The van der Waals surface area contributed by atoms with E-state index in [2.05, 4.69) is 0 Å². The Hall–Kier alpha value is -5.30. The van der Waals surface area contributed by atoms with Crippen molar-refractivity contribution in [2.75, 3.05) is 14.2 Å². The zero-order chi connectivity index (χ0) is 36.0. The highest BCUT2D eigenvalue weighted by atomic mass is 16.5. The molecule has 0 heterocycles. The van der Waals surface area contributed by atoms with Gasteiger partial charge in [-0.15, -0.1) is 0 Å². The van der Waals surface area contributed by atoms with Gasteiger partial charge in [0.25, 0.3) is 5.78 Å². The lowest BCUT2D eigenvalue weighted by molar-refractivity contribution is -0.118. The third-order valence-electron chi connectivity index (χ3n) is 8.14. The molecule has 0 aliphatic heterocycles. The number of allylic oxidation sites excluding steroid dienone is 18. The summed E-state index contributed by atoms with van der Waals surface area (Å²) in [7, 11) is 2.88. The number of methoxy groups -OCH3 is 2. The maximum atomic E-state index is 11.9. The first-order valence-corrected chi connectivity index (χ1v) is 15.5. The van der Waals surface area contributed by atoms with Crippen LogP contribution in [0.5, 0.6) is 5.75 Å². The predicted molar refractivity (Wildman–Crippen MR) is 189 cm³/mol. The van der Waals surface area contributed by atoms with Gasteiger partial charge in [0.1, 0.15) is 5.75 Å². The molecule has 5 rings (SSSR count). The number of Topliss-reactive ketones (excluding diaryl/α,β-unsaturated/α-hetero) is 4. The first kappa shape index (κ1) is 37.2. The zero-order valence-electron chi connectivity index (χ0n) is 29.7. The van der Waals surface area contributed by atoms with Gasteiger partial charge >= 0.3 is 0 Å². The molecule has 7 nitrogen and oxygen atoms in total. The molecule has 0 atom stereocenters. The summed E-state index contributed by atoms with van der Waals surface area (Å²) in [4.78, 5) is 47.0. The van der Waals surface area contributed by atoms with Gasteiger partial charge in [0.15, 0.2) is 28.9 Å². The van der Waals surface area contributed by atoms with Crippen molar-refractivity contribution in [3.63, 3.8) is 0 Å². The number of phenols is 1. The van der Waals surface area contributed by atoms with E-state index < -0.39 is 0 Å². The zero-order valence-corrected chi connectivity index (χ0v) is 29.7. The number of carbonyl (C=O) groups is 4. The van der Waals surface area contributed by atoms with Crippen LogP contribution in [0.1, 0.15) is 58.2 Å². The summed E-state index contributed by atoms with van der Waals surface area (Å²) in [5.74, 6) is 0.799. The first-order valence-electron chi connectivity index (χ1n) is 15.5. The molecule has 1 N–H and O–H groups in total. The van der Waals surface area contributed by atoms with Crippen molar-refractivity contribution in [3.05, 3.63) is 145 Å².